The Labute approximate surface area is 100 Å². The molecule has 2 aliphatic rings. The second kappa shape index (κ2) is 5.01. The molecule has 6 heteroatoms. The number of methoxy groups -OCH3 is 1. The van der Waals surface area contributed by atoms with Crippen LogP contribution in [0.15, 0.2) is 0 Å². The van der Waals surface area contributed by atoms with Gasteiger partial charge in [0.1, 0.15) is 6.04 Å². The van der Waals surface area contributed by atoms with Crippen LogP contribution in [0, 0.1) is 0 Å². The van der Waals surface area contributed by atoms with Crippen molar-refractivity contribution in [2.75, 3.05) is 26.7 Å². The van der Waals surface area contributed by atoms with E-state index in [1.165, 1.54) is 0 Å². The van der Waals surface area contributed by atoms with Crippen molar-refractivity contribution in [3.63, 3.8) is 0 Å². The van der Waals surface area contributed by atoms with Crippen LogP contribution in [0.5, 0.6) is 0 Å². The van der Waals surface area contributed by atoms with Gasteiger partial charge < -0.3 is 15.4 Å². The van der Waals surface area contributed by atoms with Gasteiger partial charge in [0.25, 0.3) is 0 Å². The van der Waals surface area contributed by atoms with Crippen LogP contribution < -0.4 is 16.0 Å². The van der Waals surface area contributed by atoms with Crippen molar-refractivity contribution >= 4 is 11.8 Å². The minimum Gasteiger partial charge on any atom is -0.376 e. The van der Waals surface area contributed by atoms with E-state index in [1.807, 2.05) is 0 Å². The largest absolute Gasteiger partial charge is 0.376 e. The fourth-order valence-corrected chi connectivity index (χ4v) is 2.15. The summed E-state index contributed by atoms with van der Waals surface area (Å²) in [6.45, 7) is 1.10. The van der Waals surface area contributed by atoms with Crippen LogP contribution in [0.2, 0.25) is 0 Å². The van der Waals surface area contributed by atoms with E-state index in [4.69, 9.17) is 4.74 Å². The molecule has 0 aromatic rings. The van der Waals surface area contributed by atoms with E-state index < -0.39 is 0 Å². The molecule has 3 N–H and O–H groups in total. The molecule has 0 radical (unpaired) electrons. The average molecular weight is 241 g/mol. The Morgan fingerprint density at radius 1 is 1.59 bits per heavy atom. The van der Waals surface area contributed by atoms with Crippen LogP contribution in [0.3, 0.4) is 0 Å². The van der Waals surface area contributed by atoms with Gasteiger partial charge in [-0.05, 0) is 19.3 Å². The first-order valence-corrected chi connectivity index (χ1v) is 5.98. The molecule has 1 atom stereocenters. The number of rotatable bonds is 4. The van der Waals surface area contributed by atoms with Crippen LogP contribution >= 0.6 is 0 Å². The lowest BCUT2D eigenvalue weighted by Crippen LogP contribution is -2.60. The summed E-state index contributed by atoms with van der Waals surface area (Å²) in [6, 6.07) is -0.332. The van der Waals surface area contributed by atoms with Crippen molar-refractivity contribution < 1.29 is 14.3 Å². The molecule has 0 aromatic carbocycles. The van der Waals surface area contributed by atoms with Gasteiger partial charge in [-0.1, -0.05) is 0 Å². The first-order valence-electron chi connectivity index (χ1n) is 5.98. The second-order valence-corrected chi connectivity index (χ2v) is 4.70. The van der Waals surface area contributed by atoms with Crippen LogP contribution in [0.1, 0.15) is 19.3 Å². The SMILES string of the molecule is COC1(CNC(=O)C2CNC(=O)CN2)CCC1. The molecule has 1 heterocycles. The summed E-state index contributed by atoms with van der Waals surface area (Å²) in [5.41, 5.74) is -0.159. The highest BCUT2D eigenvalue weighted by molar-refractivity contribution is 5.86. The molecule has 2 rings (SSSR count). The predicted octanol–water partition coefficient (Wildman–Crippen LogP) is -1.24. The molecule has 1 unspecified atom stereocenters. The Bertz CT molecular complexity index is 300. The first-order chi connectivity index (χ1) is 8.15. The maximum absolute atomic E-state index is 11.8. The first kappa shape index (κ1) is 12.3. The van der Waals surface area contributed by atoms with Crippen LogP contribution in [-0.4, -0.2) is 50.2 Å². The average Bonchev–Trinajstić information content (AvgIpc) is 2.29. The van der Waals surface area contributed by atoms with Gasteiger partial charge in [0.2, 0.25) is 11.8 Å². The van der Waals surface area contributed by atoms with Crippen molar-refractivity contribution in [2.24, 2.45) is 0 Å². The summed E-state index contributed by atoms with van der Waals surface area (Å²) >= 11 is 0. The summed E-state index contributed by atoms with van der Waals surface area (Å²) in [5, 5.41) is 8.44. The van der Waals surface area contributed by atoms with Gasteiger partial charge >= 0.3 is 0 Å². The molecular formula is C11H19N3O3. The third kappa shape index (κ3) is 2.76. The highest BCUT2D eigenvalue weighted by Gasteiger charge is 2.37. The zero-order chi connectivity index (χ0) is 12.3. The predicted molar refractivity (Wildman–Crippen MR) is 61.4 cm³/mol. The monoisotopic (exact) mass is 241 g/mol. The number of hydrogen-bond donors (Lipinski definition) is 3. The van der Waals surface area contributed by atoms with E-state index in [0.29, 0.717) is 13.1 Å². The molecule has 1 aliphatic heterocycles. The van der Waals surface area contributed by atoms with Crippen LogP contribution in [0.4, 0.5) is 0 Å². The number of ether oxygens (including phenoxy) is 1. The summed E-state index contributed by atoms with van der Waals surface area (Å²) < 4.78 is 5.42. The molecule has 0 aromatic heterocycles. The Morgan fingerprint density at radius 3 is 2.82 bits per heavy atom. The summed E-state index contributed by atoms with van der Waals surface area (Å²) in [6.07, 6.45) is 3.15. The van der Waals surface area contributed by atoms with Crippen LogP contribution in [-0.2, 0) is 14.3 Å². The van der Waals surface area contributed by atoms with Gasteiger partial charge in [-0.3, -0.25) is 14.9 Å². The molecule has 2 amide bonds. The molecule has 17 heavy (non-hydrogen) atoms. The molecular weight excluding hydrogens is 222 g/mol. The van der Waals surface area contributed by atoms with Crippen molar-refractivity contribution in [2.45, 2.75) is 30.9 Å². The topological polar surface area (TPSA) is 79.5 Å². The molecule has 2 fully saturated rings. The zero-order valence-electron chi connectivity index (χ0n) is 10.0. The standard InChI is InChI=1S/C11H19N3O3/c1-17-11(3-2-4-11)7-14-10(16)8-5-13-9(15)6-12-8/h8,12H,2-7H2,1H3,(H,13,15)(H,14,16). The number of carbonyl (C=O) groups excluding carboxylic acids is 2. The highest BCUT2D eigenvalue weighted by Crippen LogP contribution is 2.34. The number of piperazine rings is 1. The van der Waals surface area contributed by atoms with Crippen molar-refractivity contribution in [3.8, 4) is 0 Å². The summed E-state index contributed by atoms with van der Waals surface area (Å²) in [7, 11) is 1.68. The fourth-order valence-electron chi connectivity index (χ4n) is 2.15. The van der Waals surface area contributed by atoms with Crippen LogP contribution in [0.25, 0.3) is 0 Å². The zero-order valence-corrected chi connectivity index (χ0v) is 10.0. The van der Waals surface area contributed by atoms with E-state index in [2.05, 4.69) is 16.0 Å². The number of hydrogen-bond acceptors (Lipinski definition) is 4. The van der Waals surface area contributed by atoms with E-state index in [-0.39, 0.29) is 30.0 Å². The molecule has 1 aliphatic carbocycles. The van der Waals surface area contributed by atoms with Gasteiger partial charge in [0.05, 0.1) is 12.1 Å². The lowest BCUT2D eigenvalue weighted by atomic mass is 9.80. The molecule has 1 saturated carbocycles. The van der Waals surface area contributed by atoms with Gasteiger partial charge in [0.15, 0.2) is 0 Å². The number of amides is 2. The summed E-state index contributed by atoms with van der Waals surface area (Å²) in [4.78, 5) is 22.8. The van der Waals surface area contributed by atoms with Gasteiger partial charge in [-0.15, -0.1) is 0 Å². The Hall–Kier alpha value is -1.14. The molecule has 0 spiro atoms. The van der Waals surface area contributed by atoms with Crippen molar-refractivity contribution in [1.82, 2.24) is 16.0 Å². The lowest BCUT2D eigenvalue weighted by Gasteiger charge is -2.40. The number of nitrogens with one attached hydrogen (secondary N) is 3. The third-order valence-electron chi connectivity index (χ3n) is 3.61. The van der Waals surface area contributed by atoms with Gasteiger partial charge in [-0.2, -0.15) is 0 Å². The van der Waals surface area contributed by atoms with Gasteiger partial charge in [0, 0.05) is 20.2 Å². The Kier molecular flexibility index (Phi) is 3.63. The van der Waals surface area contributed by atoms with E-state index in [0.717, 1.165) is 19.3 Å². The smallest absolute Gasteiger partial charge is 0.239 e. The third-order valence-corrected chi connectivity index (χ3v) is 3.61. The van der Waals surface area contributed by atoms with E-state index >= 15 is 0 Å². The minimum atomic E-state index is -0.332. The van der Waals surface area contributed by atoms with E-state index in [9.17, 15) is 9.59 Å². The van der Waals surface area contributed by atoms with Gasteiger partial charge in [-0.25, -0.2) is 0 Å². The maximum Gasteiger partial charge on any atom is 0.239 e. The molecule has 96 valence electrons. The normalized spacial score (nSPS) is 26.9. The molecule has 0 bridgehead atoms. The maximum atomic E-state index is 11.8. The quantitative estimate of drug-likeness (QED) is 0.575. The Morgan fingerprint density at radius 2 is 2.35 bits per heavy atom. The fraction of sp³-hybridized carbons (Fsp3) is 0.818. The minimum absolute atomic E-state index is 0.0681. The second-order valence-electron chi connectivity index (χ2n) is 4.70. The number of carbonyl (C=O) groups is 2. The highest BCUT2D eigenvalue weighted by atomic mass is 16.5. The van der Waals surface area contributed by atoms with Crippen molar-refractivity contribution in [3.05, 3.63) is 0 Å². The van der Waals surface area contributed by atoms with Crippen molar-refractivity contribution in [1.29, 1.82) is 0 Å². The summed E-state index contributed by atoms with van der Waals surface area (Å²) in [5.74, 6) is -0.144. The Balaban J connectivity index is 1.75. The molecule has 6 nitrogen and oxygen atoms in total. The lowest BCUT2D eigenvalue weighted by molar-refractivity contribution is -0.129. The molecule has 1 saturated heterocycles. The van der Waals surface area contributed by atoms with E-state index in [1.54, 1.807) is 7.11 Å².